The first kappa shape index (κ1) is 14.9. The maximum Gasteiger partial charge on any atom is 0.257 e. The van der Waals surface area contributed by atoms with Crippen molar-refractivity contribution in [2.45, 2.75) is 6.61 Å². The van der Waals surface area contributed by atoms with Gasteiger partial charge in [-0.25, -0.2) is 0 Å². The number of nitrogens with one attached hydrogen (secondary N) is 1. The number of amides is 1. The number of hydrogen-bond donors (Lipinski definition) is 2. The largest absolute Gasteiger partial charge is 0.392 e. The molecule has 2 heterocycles. The molecule has 5 heteroatoms. The summed E-state index contributed by atoms with van der Waals surface area (Å²) in [6.07, 6.45) is 6.31. The maximum atomic E-state index is 12.4. The molecule has 0 aliphatic rings. The van der Waals surface area contributed by atoms with Crippen molar-refractivity contribution in [1.82, 2.24) is 9.97 Å². The number of aromatic nitrogens is 2. The van der Waals surface area contributed by atoms with E-state index >= 15 is 0 Å². The Bertz CT molecular complexity index is 819. The summed E-state index contributed by atoms with van der Waals surface area (Å²) < 4.78 is 0. The predicted molar refractivity (Wildman–Crippen MR) is 87.8 cm³/mol. The third-order valence-corrected chi connectivity index (χ3v) is 3.44. The van der Waals surface area contributed by atoms with Crippen molar-refractivity contribution in [3.63, 3.8) is 0 Å². The molecule has 0 spiro atoms. The molecule has 0 unspecified atom stereocenters. The summed E-state index contributed by atoms with van der Waals surface area (Å²) in [5.74, 6) is -0.294. The second kappa shape index (κ2) is 6.81. The average Bonchev–Trinajstić information content (AvgIpc) is 2.63. The third-order valence-electron chi connectivity index (χ3n) is 3.44. The number of aliphatic hydroxyl groups excluding tert-OH is 1. The van der Waals surface area contributed by atoms with E-state index in [1.54, 1.807) is 24.5 Å². The molecule has 0 radical (unpaired) electrons. The zero-order chi connectivity index (χ0) is 16.1. The van der Waals surface area contributed by atoms with E-state index in [1.165, 1.54) is 12.4 Å². The molecule has 2 N–H and O–H groups in total. The van der Waals surface area contributed by atoms with Crippen molar-refractivity contribution >= 4 is 11.6 Å². The maximum absolute atomic E-state index is 12.4. The molecule has 5 nitrogen and oxygen atoms in total. The van der Waals surface area contributed by atoms with Crippen LogP contribution in [0.5, 0.6) is 0 Å². The van der Waals surface area contributed by atoms with Crippen LogP contribution >= 0.6 is 0 Å². The molecule has 3 aromatic rings. The van der Waals surface area contributed by atoms with Crippen molar-refractivity contribution in [2.24, 2.45) is 0 Å². The van der Waals surface area contributed by atoms with Crippen molar-refractivity contribution < 1.29 is 9.90 Å². The number of rotatable bonds is 4. The van der Waals surface area contributed by atoms with E-state index in [4.69, 9.17) is 0 Å². The molecule has 0 bridgehead atoms. The van der Waals surface area contributed by atoms with Crippen LogP contribution < -0.4 is 5.32 Å². The quantitative estimate of drug-likeness (QED) is 0.777. The standard InChI is InChI=1S/C18H15N3O2/c22-12-14-6-7-19-11-17(14)21-18(23)16-8-15(9-20-10-16)13-4-2-1-3-5-13/h1-11,22H,12H2,(H,21,23). The normalized spacial score (nSPS) is 10.3. The molecule has 1 amide bonds. The van der Waals surface area contributed by atoms with Crippen LogP contribution in [0.3, 0.4) is 0 Å². The fourth-order valence-corrected chi connectivity index (χ4v) is 2.22. The van der Waals surface area contributed by atoms with Gasteiger partial charge < -0.3 is 10.4 Å². The lowest BCUT2D eigenvalue weighted by atomic mass is 10.1. The molecule has 0 aliphatic heterocycles. The zero-order valence-electron chi connectivity index (χ0n) is 12.3. The van der Waals surface area contributed by atoms with E-state index in [0.717, 1.165) is 11.1 Å². The Morgan fingerprint density at radius 1 is 1.00 bits per heavy atom. The lowest BCUT2D eigenvalue weighted by Gasteiger charge is -2.09. The van der Waals surface area contributed by atoms with Gasteiger partial charge >= 0.3 is 0 Å². The molecule has 2 aromatic heterocycles. The molecule has 23 heavy (non-hydrogen) atoms. The van der Waals surface area contributed by atoms with Gasteiger partial charge in [-0.15, -0.1) is 0 Å². The van der Waals surface area contributed by atoms with Gasteiger partial charge in [0.15, 0.2) is 0 Å². The Morgan fingerprint density at radius 3 is 2.61 bits per heavy atom. The van der Waals surface area contributed by atoms with Crippen LogP contribution in [-0.2, 0) is 6.61 Å². The van der Waals surface area contributed by atoms with Gasteiger partial charge in [-0.2, -0.15) is 0 Å². The van der Waals surface area contributed by atoms with E-state index in [-0.39, 0.29) is 12.5 Å². The number of carbonyl (C=O) groups excluding carboxylic acids is 1. The number of anilines is 1. The smallest absolute Gasteiger partial charge is 0.257 e. The lowest BCUT2D eigenvalue weighted by molar-refractivity contribution is 0.102. The minimum absolute atomic E-state index is 0.166. The van der Waals surface area contributed by atoms with Gasteiger partial charge in [0.05, 0.1) is 24.1 Å². The zero-order valence-corrected chi connectivity index (χ0v) is 12.3. The molecular formula is C18H15N3O2. The first-order valence-corrected chi connectivity index (χ1v) is 7.13. The SMILES string of the molecule is O=C(Nc1cnccc1CO)c1cncc(-c2ccccc2)c1. The molecule has 1 aromatic carbocycles. The Hall–Kier alpha value is -3.05. The van der Waals surface area contributed by atoms with E-state index in [9.17, 15) is 9.90 Å². The first-order chi connectivity index (χ1) is 11.3. The van der Waals surface area contributed by atoms with E-state index in [0.29, 0.717) is 16.8 Å². The first-order valence-electron chi connectivity index (χ1n) is 7.13. The molecule has 114 valence electrons. The molecule has 3 rings (SSSR count). The van der Waals surface area contributed by atoms with Crippen LogP contribution in [0.2, 0.25) is 0 Å². The highest BCUT2D eigenvalue weighted by Crippen LogP contribution is 2.20. The highest BCUT2D eigenvalue weighted by Gasteiger charge is 2.10. The minimum atomic E-state index is -0.294. The number of nitrogens with zero attached hydrogens (tertiary/aromatic N) is 2. The number of hydrogen-bond acceptors (Lipinski definition) is 4. The van der Waals surface area contributed by atoms with Crippen molar-refractivity contribution in [1.29, 1.82) is 0 Å². The molecule has 0 fully saturated rings. The molecule has 0 saturated carbocycles. The summed E-state index contributed by atoms with van der Waals surface area (Å²) >= 11 is 0. The molecular weight excluding hydrogens is 290 g/mol. The van der Waals surface area contributed by atoms with Gasteiger partial charge in [-0.1, -0.05) is 30.3 Å². The molecule has 0 aliphatic carbocycles. The number of benzene rings is 1. The average molecular weight is 305 g/mol. The van der Waals surface area contributed by atoms with Crippen LogP contribution in [0.1, 0.15) is 15.9 Å². The lowest BCUT2D eigenvalue weighted by Crippen LogP contribution is -2.14. The summed E-state index contributed by atoms with van der Waals surface area (Å²) in [5, 5.41) is 12.1. The van der Waals surface area contributed by atoms with Crippen LogP contribution in [-0.4, -0.2) is 21.0 Å². The molecule has 0 atom stereocenters. The van der Waals surface area contributed by atoms with E-state index < -0.39 is 0 Å². The summed E-state index contributed by atoms with van der Waals surface area (Å²) in [6, 6.07) is 13.2. The monoisotopic (exact) mass is 305 g/mol. The van der Waals surface area contributed by atoms with Gasteiger partial charge in [0, 0.05) is 29.7 Å². The molecule has 0 saturated heterocycles. The van der Waals surface area contributed by atoms with Gasteiger partial charge in [0.1, 0.15) is 0 Å². The van der Waals surface area contributed by atoms with Gasteiger partial charge in [-0.05, 0) is 17.7 Å². The predicted octanol–water partition coefficient (Wildman–Crippen LogP) is 2.89. The highest BCUT2D eigenvalue weighted by atomic mass is 16.3. The Labute approximate surface area is 133 Å². The highest BCUT2D eigenvalue weighted by molar-refractivity contribution is 6.05. The number of carbonyl (C=O) groups is 1. The Balaban J connectivity index is 1.86. The topological polar surface area (TPSA) is 75.1 Å². The van der Waals surface area contributed by atoms with E-state index in [1.807, 2.05) is 30.3 Å². The number of pyridine rings is 2. The number of aliphatic hydroxyl groups is 1. The summed E-state index contributed by atoms with van der Waals surface area (Å²) in [4.78, 5) is 20.5. The minimum Gasteiger partial charge on any atom is -0.392 e. The fraction of sp³-hybridized carbons (Fsp3) is 0.0556. The van der Waals surface area contributed by atoms with Crippen LogP contribution in [0, 0.1) is 0 Å². The van der Waals surface area contributed by atoms with E-state index in [2.05, 4.69) is 15.3 Å². The van der Waals surface area contributed by atoms with Crippen LogP contribution in [0.15, 0.2) is 67.3 Å². The second-order valence-electron chi connectivity index (χ2n) is 4.97. The van der Waals surface area contributed by atoms with Crippen LogP contribution in [0.4, 0.5) is 5.69 Å². The third kappa shape index (κ3) is 3.41. The van der Waals surface area contributed by atoms with Crippen molar-refractivity contribution in [3.05, 3.63) is 78.4 Å². The second-order valence-corrected chi connectivity index (χ2v) is 4.97. The van der Waals surface area contributed by atoms with Crippen LogP contribution in [0.25, 0.3) is 11.1 Å². The van der Waals surface area contributed by atoms with Crippen molar-refractivity contribution in [2.75, 3.05) is 5.32 Å². The van der Waals surface area contributed by atoms with Gasteiger partial charge in [0.2, 0.25) is 0 Å². The van der Waals surface area contributed by atoms with Crippen molar-refractivity contribution in [3.8, 4) is 11.1 Å². The van der Waals surface area contributed by atoms with Gasteiger partial charge in [0.25, 0.3) is 5.91 Å². The Morgan fingerprint density at radius 2 is 1.83 bits per heavy atom. The summed E-state index contributed by atoms with van der Waals surface area (Å²) in [7, 11) is 0. The summed E-state index contributed by atoms with van der Waals surface area (Å²) in [6.45, 7) is -0.166. The Kier molecular flexibility index (Phi) is 4.40. The summed E-state index contributed by atoms with van der Waals surface area (Å²) in [5.41, 5.74) is 3.41. The fourth-order valence-electron chi connectivity index (χ4n) is 2.22. The van der Waals surface area contributed by atoms with Gasteiger partial charge in [-0.3, -0.25) is 14.8 Å².